The molecule has 3 aromatic rings. The Kier molecular flexibility index (Phi) is 3.23. The summed E-state index contributed by atoms with van der Waals surface area (Å²) in [6.45, 7) is 1.75. The van der Waals surface area contributed by atoms with Crippen molar-refractivity contribution >= 4 is 51.6 Å². The third kappa shape index (κ3) is 1.88. The van der Waals surface area contributed by atoms with Crippen molar-refractivity contribution < 1.29 is 9.59 Å². The predicted octanol–water partition coefficient (Wildman–Crippen LogP) is 2.88. The van der Waals surface area contributed by atoms with Crippen molar-refractivity contribution in [2.45, 2.75) is 30.3 Å². The first kappa shape index (κ1) is 17.9. The van der Waals surface area contributed by atoms with Gasteiger partial charge in [0.15, 0.2) is 0 Å². The lowest BCUT2D eigenvalue weighted by molar-refractivity contribution is -0.142. The lowest BCUT2D eigenvalue weighted by atomic mass is 9.58. The van der Waals surface area contributed by atoms with Crippen LogP contribution in [0.5, 0.6) is 0 Å². The number of aromatic nitrogens is 2. The van der Waals surface area contributed by atoms with Crippen LogP contribution < -0.4 is 16.2 Å². The van der Waals surface area contributed by atoms with Gasteiger partial charge in [-0.1, -0.05) is 23.2 Å². The van der Waals surface area contributed by atoms with Crippen LogP contribution in [0.4, 0.5) is 5.69 Å². The van der Waals surface area contributed by atoms with Gasteiger partial charge in [0, 0.05) is 15.7 Å². The van der Waals surface area contributed by atoms with Gasteiger partial charge in [-0.3, -0.25) is 19.0 Å². The number of benzene rings is 2. The molecule has 2 bridgehead atoms. The van der Waals surface area contributed by atoms with Gasteiger partial charge in [0.2, 0.25) is 11.8 Å². The van der Waals surface area contributed by atoms with Crippen molar-refractivity contribution in [1.82, 2.24) is 14.9 Å². The molecule has 7 nitrogen and oxygen atoms in total. The van der Waals surface area contributed by atoms with Crippen molar-refractivity contribution in [3.8, 4) is 0 Å². The molecule has 0 radical (unpaired) electrons. The van der Waals surface area contributed by atoms with Crippen molar-refractivity contribution in [2.24, 2.45) is 0 Å². The number of nitrogens with zero attached hydrogens (tertiary/aromatic N) is 2. The van der Waals surface area contributed by atoms with Gasteiger partial charge in [-0.2, -0.15) is 0 Å². The zero-order chi connectivity index (χ0) is 21.0. The van der Waals surface area contributed by atoms with E-state index in [9.17, 15) is 14.4 Å². The SMILES string of the molecule is C[C@@]12NC(=O)[C@H](C[C@@]13C(=O)Nc1ccc(Cl)cc13)n1c2nc2ccc(Cl)cc2c1=O. The van der Waals surface area contributed by atoms with Crippen molar-refractivity contribution in [3.63, 3.8) is 0 Å². The molecule has 0 saturated carbocycles. The van der Waals surface area contributed by atoms with Gasteiger partial charge >= 0.3 is 0 Å². The average molecular weight is 441 g/mol. The van der Waals surface area contributed by atoms with E-state index < -0.39 is 17.0 Å². The first-order chi connectivity index (χ1) is 14.3. The van der Waals surface area contributed by atoms with Crippen LogP contribution >= 0.6 is 23.2 Å². The minimum absolute atomic E-state index is 0.134. The highest BCUT2D eigenvalue weighted by Gasteiger charge is 2.69. The summed E-state index contributed by atoms with van der Waals surface area (Å²) in [6, 6.07) is 9.20. The molecule has 1 saturated heterocycles. The molecule has 2 N–H and O–H groups in total. The molecule has 9 heteroatoms. The lowest BCUT2D eigenvalue weighted by Gasteiger charge is -2.55. The van der Waals surface area contributed by atoms with E-state index >= 15 is 0 Å². The summed E-state index contributed by atoms with van der Waals surface area (Å²) in [6.07, 6.45) is 0.134. The highest BCUT2D eigenvalue weighted by atomic mass is 35.5. The highest BCUT2D eigenvalue weighted by molar-refractivity contribution is 6.31. The Morgan fingerprint density at radius 3 is 2.63 bits per heavy atom. The number of hydrogen-bond donors (Lipinski definition) is 2. The summed E-state index contributed by atoms with van der Waals surface area (Å²) in [5.41, 5.74) is -0.920. The van der Waals surface area contributed by atoms with Gasteiger partial charge < -0.3 is 10.6 Å². The van der Waals surface area contributed by atoms with Crippen LogP contribution in [0.15, 0.2) is 41.2 Å². The molecule has 1 aromatic heterocycles. The highest BCUT2D eigenvalue weighted by Crippen LogP contribution is 2.58. The summed E-state index contributed by atoms with van der Waals surface area (Å²) < 4.78 is 1.42. The Morgan fingerprint density at radius 2 is 1.83 bits per heavy atom. The molecule has 150 valence electrons. The van der Waals surface area contributed by atoms with E-state index in [1.165, 1.54) is 4.57 Å². The number of rotatable bonds is 0. The number of hydrogen-bond acceptors (Lipinski definition) is 4. The van der Waals surface area contributed by atoms with Gasteiger partial charge in [0.05, 0.1) is 10.9 Å². The van der Waals surface area contributed by atoms with E-state index in [4.69, 9.17) is 28.2 Å². The molecule has 0 unspecified atom stereocenters. The average Bonchev–Trinajstić information content (AvgIpc) is 2.97. The number of piperidine rings is 1. The van der Waals surface area contributed by atoms with Crippen molar-refractivity contribution in [2.75, 3.05) is 5.32 Å². The van der Waals surface area contributed by atoms with Crippen LogP contribution in [-0.4, -0.2) is 21.4 Å². The molecular weight excluding hydrogens is 427 g/mol. The third-order valence-electron chi connectivity index (χ3n) is 6.73. The summed E-state index contributed by atoms with van der Waals surface area (Å²) in [5.74, 6) is -0.214. The van der Waals surface area contributed by atoms with E-state index in [2.05, 4.69) is 10.6 Å². The predicted molar refractivity (Wildman–Crippen MR) is 112 cm³/mol. The molecule has 0 aliphatic carbocycles. The number of anilines is 1. The number of nitrogens with one attached hydrogen (secondary N) is 2. The molecule has 1 spiro atoms. The fourth-order valence-corrected chi connectivity index (χ4v) is 5.66. The van der Waals surface area contributed by atoms with E-state index in [1.54, 1.807) is 43.3 Å². The van der Waals surface area contributed by atoms with Gasteiger partial charge in [-0.05, 0) is 55.3 Å². The second-order valence-electron chi connectivity index (χ2n) is 8.16. The third-order valence-corrected chi connectivity index (χ3v) is 7.20. The molecule has 4 aliphatic rings. The Bertz CT molecular complexity index is 1400. The van der Waals surface area contributed by atoms with Crippen LogP contribution in [0.3, 0.4) is 0 Å². The minimum Gasteiger partial charge on any atom is -0.340 e. The summed E-state index contributed by atoms with van der Waals surface area (Å²) in [7, 11) is 0. The molecule has 2 aromatic carbocycles. The van der Waals surface area contributed by atoms with Crippen LogP contribution in [0.2, 0.25) is 10.0 Å². The second kappa shape index (κ2) is 5.42. The maximum absolute atomic E-state index is 13.4. The Morgan fingerprint density at radius 1 is 1.10 bits per heavy atom. The van der Waals surface area contributed by atoms with Gasteiger partial charge in [0.1, 0.15) is 22.8 Å². The smallest absolute Gasteiger partial charge is 0.262 e. The minimum atomic E-state index is -1.24. The summed E-state index contributed by atoms with van der Waals surface area (Å²) in [5, 5.41) is 7.14. The van der Waals surface area contributed by atoms with Crippen molar-refractivity contribution in [3.05, 3.63) is 68.2 Å². The van der Waals surface area contributed by atoms with Crippen LogP contribution in [0.1, 0.15) is 30.8 Å². The van der Waals surface area contributed by atoms with E-state index in [1.807, 2.05) is 0 Å². The van der Waals surface area contributed by atoms with Crippen LogP contribution in [-0.2, 0) is 20.5 Å². The number of fused-ring (bicyclic) bond motifs is 3. The molecule has 1 fully saturated rings. The fraction of sp³-hybridized carbons (Fsp3) is 0.238. The Labute approximate surface area is 180 Å². The van der Waals surface area contributed by atoms with Crippen LogP contribution in [0.25, 0.3) is 10.9 Å². The molecule has 7 rings (SSSR count). The van der Waals surface area contributed by atoms with Gasteiger partial charge in [-0.15, -0.1) is 0 Å². The van der Waals surface area contributed by atoms with Gasteiger partial charge in [-0.25, -0.2) is 4.98 Å². The molecule has 4 aliphatic heterocycles. The lowest BCUT2D eigenvalue weighted by Crippen LogP contribution is -2.72. The maximum atomic E-state index is 13.4. The van der Waals surface area contributed by atoms with E-state index in [-0.39, 0.29) is 23.8 Å². The number of carbonyl (C=O) groups excluding carboxylic acids is 2. The molecule has 5 heterocycles. The molecule has 30 heavy (non-hydrogen) atoms. The first-order valence-corrected chi connectivity index (χ1v) is 10.2. The van der Waals surface area contributed by atoms with Crippen molar-refractivity contribution in [1.29, 1.82) is 0 Å². The van der Waals surface area contributed by atoms with Gasteiger partial charge in [0.25, 0.3) is 5.56 Å². The summed E-state index contributed by atoms with van der Waals surface area (Å²) in [4.78, 5) is 44.4. The zero-order valence-corrected chi connectivity index (χ0v) is 17.1. The number of halogens is 2. The number of carbonyl (C=O) groups is 2. The molecule has 2 amide bonds. The first-order valence-electron chi connectivity index (χ1n) is 9.42. The monoisotopic (exact) mass is 440 g/mol. The standard InChI is InChI=1S/C21H14Cl2N4O3/c1-20-18-24-13-4-2-9(22)6-11(13)17(29)27(18)15(16(28)26-20)8-21(20)12-7-10(23)3-5-14(12)25-19(21)30/h2-7,15H,8H2,1H3,(H,25,30)(H,26,28)/t15-,20-,21+/m0/s1. The molecular formula is C21H14Cl2N4O3. The second-order valence-corrected chi connectivity index (χ2v) is 9.03. The van der Waals surface area contributed by atoms with Crippen LogP contribution in [0, 0.1) is 0 Å². The molecule has 3 atom stereocenters. The number of amides is 2. The Hall–Kier alpha value is -2.90. The fourth-order valence-electron chi connectivity index (χ4n) is 5.32. The summed E-state index contributed by atoms with van der Waals surface area (Å²) >= 11 is 12.3. The normalized spacial score (nSPS) is 28.4. The van der Waals surface area contributed by atoms with E-state index in [0.717, 1.165) is 0 Å². The quantitative estimate of drug-likeness (QED) is 0.561. The van der Waals surface area contributed by atoms with E-state index in [0.29, 0.717) is 38.0 Å². The Balaban J connectivity index is 1.73. The largest absolute Gasteiger partial charge is 0.340 e. The zero-order valence-electron chi connectivity index (χ0n) is 15.6. The topological polar surface area (TPSA) is 93.1 Å². The maximum Gasteiger partial charge on any atom is 0.262 e.